The molecular formula is C8H11B3O3. The first-order chi connectivity index (χ1) is 6.75. The standard InChI is InChI=1S/C8H11B3O3/c1-9-12-10(2)14-11(13-9)8-6-4-3-5-7-8/h3-7H,1-2H3. The van der Waals surface area contributed by atoms with Crippen LogP contribution in [0.15, 0.2) is 30.3 Å². The maximum Gasteiger partial charge on any atom is 0.466 e. The van der Waals surface area contributed by atoms with Crippen LogP contribution in [-0.2, 0) is 13.7 Å². The fourth-order valence-electron chi connectivity index (χ4n) is 1.48. The van der Waals surface area contributed by atoms with Gasteiger partial charge < -0.3 is 13.7 Å². The van der Waals surface area contributed by atoms with Crippen LogP contribution in [0, 0.1) is 0 Å². The van der Waals surface area contributed by atoms with E-state index in [1.165, 1.54) is 0 Å². The van der Waals surface area contributed by atoms with Gasteiger partial charge in [0, 0.05) is 0 Å². The second kappa shape index (κ2) is 4.21. The Morgan fingerprint density at radius 1 is 0.857 bits per heavy atom. The van der Waals surface area contributed by atoms with Crippen LogP contribution in [0.25, 0.3) is 0 Å². The van der Waals surface area contributed by atoms with Crippen molar-refractivity contribution in [2.75, 3.05) is 0 Å². The van der Waals surface area contributed by atoms with Gasteiger partial charge in [-0.2, -0.15) is 0 Å². The van der Waals surface area contributed by atoms with E-state index < -0.39 is 0 Å². The lowest BCUT2D eigenvalue weighted by Gasteiger charge is -2.27. The van der Waals surface area contributed by atoms with E-state index in [-0.39, 0.29) is 21.4 Å². The lowest BCUT2D eigenvalue weighted by Crippen LogP contribution is -2.52. The Morgan fingerprint density at radius 2 is 1.43 bits per heavy atom. The summed E-state index contributed by atoms with van der Waals surface area (Å²) in [5.74, 6) is 0. The average Bonchev–Trinajstić information content (AvgIpc) is 2.18. The van der Waals surface area contributed by atoms with Gasteiger partial charge in [0.1, 0.15) is 0 Å². The molecule has 70 valence electrons. The summed E-state index contributed by atoms with van der Waals surface area (Å²) < 4.78 is 16.3. The summed E-state index contributed by atoms with van der Waals surface area (Å²) in [5.41, 5.74) is 1.02. The van der Waals surface area contributed by atoms with Crippen molar-refractivity contribution in [3.05, 3.63) is 30.3 Å². The third-order valence-electron chi connectivity index (χ3n) is 2.09. The SMILES string of the molecule is CB1OB(C)OB(c2ccccc2)O1. The minimum Gasteiger partial charge on any atom is -0.453 e. The molecule has 0 N–H and O–H groups in total. The lowest BCUT2D eigenvalue weighted by molar-refractivity contribution is 0.299. The largest absolute Gasteiger partial charge is 0.466 e. The Balaban J connectivity index is 2.11. The molecule has 1 aliphatic rings. The molecule has 0 amide bonds. The summed E-state index contributed by atoms with van der Waals surface area (Å²) in [6, 6.07) is 9.86. The summed E-state index contributed by atoms with van der Waals surface area (Å²) in [7, 11) is -0.747. The first-order valence-corrected chi connectivity index (χ1v) is 4.77. The second-order valence-corrected chi connectivity index (χ2v) is 3.29. The maximum absolute atomic E-state index is 5.50. The molecule has 1 aromatic rings. The molecule has 1 heterocycles. The van der Waals surface area contributed by atoms with Crippen LogP contribution in [-0.4, -0.2) is 21.4 Å². The minimum absolute atomic E-state index is 0.219. The van der Waals surface area contributed by atoms with Gasteiger partial charge in [-0.1, -0.05) is 30.3 Å². The topological polar surface area (TPSA) is 27.7 Å². The van der Waals surface area contributed by atoms with Gasteiger partial charge in [0.05, 0.1) is 0 Å². The average molecular weight is 188 g/mol. The Kier molecular flexibility index (Phi) is 2.96. The van der Waals surface area contributed by atoms with Gasteiger partial charge in [-0.05, 0) is 19.1 Å². The van der Waals surface area contributed by atoms with E-state index in [0.29, 0.717) is 0 Å². The number of hydrogen-bond donors (Lipinski definition) is 0. The summed E-state index contributed by atoms with van der Waals surface area (Å²) >= 11 is 0. The molecule has 0 unspecified atom stereocenters. The monoisotopic (exact) mass is 188 g/mol. The Bertz CT molecular complexity index is 285. The molecule has 1 aliphatic heterocycles. The Labute approximate surface area is 85.2 Å². The quantitative estimate of drug-likeness (QED) is 0.606. The molecule has 0 atom stereocenters. The van der Waals surface area contributed by atoms with Crippen LogP contribution in [0.4, 0.5) is 0 Å². The third-order valence-corrected chi connectivity index (χ3v) is 2.09. The zero-order chi connectivity index (χ0) is 9.97. The van der Waals surface area contributed by atoms with Crippen LogP contribution in [0.5, 0.6) is 0 Å². The minimum atomic E-state index is -0.310. The normalized spacial score (nSPS) is 17.4. The highest BCUT2D eigenvalue weighted by atomic mass is 16.7. The molecule has 0 bridgehead atoms. The van der Waals surface area contributed by atoms with Crippen LogP contribution >= 0.6 is 0 Å². The summed E-state index contributed by atoms with van der Waals surface area (Å²) in [6.07, 6.45) is 0. The zero-order valence-corrected chi connectivity index (χ0v) is 8.34. The van der Waals surface area contributed by atoms with Gasteiger partial charge in [0.15, 0.2) is 0 Å². The molecular weight excluding hydrogens is 177 g/mol. The maximum atomic E-state index is 5.50. The Morgan fingerprint density at radius 3 is 2.00 bits per heavy atom. The van der Waals surface area contributed by atoms with Gasteiger partial charge in [-0.3, -0.25) is 0 Å². The highest BCUT2D eigenvalue weighted by Crippen LogP contribution is 2.07. The molecule has 6 heteroatoms. The molecule has 0 spiro atoms. The number of rotatable bonds is 1. The van der Waals surface area contributed by atoms with E-state index in [1.54, 1.807) is 0 Å². The first kappa shape index (κ1) is 9.83. The summed E-state index contributed by atoms with van der Waals surface area (Å²) in [5, 5.41) is 0. The molecule has 0 saturated carbocycles. The van der Waals surface area contributed by atoms with Crippen molar-refractivity contribution in [2.24, 2.45) is 0 Å². The van der Waals surface area contributed by atoms with Gasteiger partial charge in [-0.25, -0.2) is 0 Å². The molecule has 14 heavy (non-hydrogen) atoms. The van der Waals surface area contributed by atoms with E-state index in [4.69, 9.17) is 13.7 Å². The molecule has 1 fully saturated rings. The van der Waals surface area contributed by atoms with Crippen LogP contribution in [0.1, 0.15) is 0 Å². The molecule has 3 nitrogen and oxygen atoms in total. The van der Waals surface area contributed by atoms with Gasteiger partial charge >= 0.3 is 21.4 Å². The van der Waals surface area contributed by atoms with Crippen molar-refractivity contribution in [1.82, 2.24) is 0 Å². The van der Waals surface area contributed by atoms with Crippen molar-refractivity contribution in [3.63, 3.8) is 0 Å². The van der Waals surface area contributed by atoms with Gasteiger partial charge in [0.2, 0.25) is 0 Å². The van der Waals surface area contributed by atoms with Gasteiger partial charge in [0.25, 0.3) is 0 Å². The fraction of sp³-hybridized carbons (Fsp3) is 0.250. The van der Waals surface area contributed by atoms with Crippen molar-refractivity contribution >= 4 is 26.8 Å². The van der Waals surface area contributed by atoms with Crippen LogP contribution in [0.3, 0.4) is 0 Å². The molecule has 0 aromatic heterocycles. The first-order valence-electron chi connectivity index (χ1n) is 4.77. The molecule has 2 rings (SSSR count). The summed E-state index contributed by atoms with van der Waals surface area (Å²) in [4.78, 5) is 0. The van der Waals surface area contributed by atoms with Crippen LogP contribution in [0.2, 0.25) is 13.6 Å². The van der Waals surface area contributed by atoms with E-state index in [0.717, 1.165) is 5.46 Å². The van der Waals surface area contributed by atoms with Crippen molar-refractivity contribution in [1.29, 1.82) is 0 Å². The highest BCUT2D eigenvalue weighted by molar-refractivity contribution is 6.78. The van der Waals surface area contributed by atoms with Gasteiger partial charge in [-0.15, -0.1) is 0 Å². The molecule has 0 radical (unpaired) electrons. The van der Waals surface area contributed by atoms with Crippen LogP contribution < -0.4 is 5.46 Å². The predicted molar refractivity (Wildman–Crippen MR) is 58.3 cm³/mol. The lowest BCUT2D eigenvalue weighted by atomic mass is 9.68. The summed E-state index contributed by atoms with van der Waals surface area (Å²) in [6.45, 7) is 3.74. The van der Waals surface area contributed by atoms with Crippen molar-refractivity contribution < 1.29 is 13.7 Å². The third kappa shape index (κ3) is 2.21. The van der Waals surface area contributed by atoms with E-state index >= 15 is 0 Å². The van der Waals surface area contributed by atoms with E-state index in [2.05, 4.69) is 0 Å². The zero-order valence-electron chi connectivity index (χ0n) is 8.34. The number of hydrogen-bond acceptors (Lipinski definition) is 3. The Hall–Kier alpha value is -0.705. The predicted octanol–water partition coefficient (Wildman–Crippen LogP) is 0.681. The van der Waals surface area contributed by atoms with Crippen molar-refractivity contribution in [3.8, 4) is 0 Å². The highest BCUT2D eigenvalue weighted by Gasteiger charge is 2.36. The second-order valence-electron chi connectivity index (χ2n) is 3.29. The van der Waals surface area contributed by atoms with Crippen molar-refractivity contribution in [2.45, 2.75) is 13.6 Å². The molecule has 1 saturated heterocycles. The molecule has 0 aliphatic carbocycles. The molecule has 1 aromatic carbocycles. The van der Waals surface area contributed by atoms with E-state index in [1.807, 2.05) is 44.0 Å². The number of benzene rings is 1. The smallest absolute Gasteiger partial charge is 0.453 e. The van der Waals surface area contributed by atoms with E-state index in [9.17, 15) is 0 Å². The fourth-order valence-corrected chi connectivity index (χ4v) is 1.48.